The molecule has 2 heterocycles. The Balaban J connectivity index is 1.97. The molecule has 0 spiro atoms. The molecule has 2 aromatic heterocycles. The normalized spacial score (nSPS) is 11.8. The Bertz CT molecular complexity index is 822. The third kappa shape index (κ3) is 2.58. The van der Waals surface area contributed by atoms with Crippen molar-refractivity contribution in [1.29, 1.82) is 0 Å². The van der Waals surface area contributed by atoms with Gasteiger partial charge in [0.2, 0.25) is 10.0 Å². The molecule has 0 bridgehead atoms. The van der Waals surface area contributed by atoms with Crippen LogP contribution >= 0.6 is 11.3 Å². The predicted molar refractivity (Wildman–Crippen MR) is 80.1 cm³/mol. The first-order valence-electron chi connectivity index (χ1n) is 6.01. The van der Waals surface area contributed by atoms with Crippen LogP contribution in [0.2, 0.25) is 0 Å². The van der Waals surface area contributed by atoms with E-state index in [4.69, 9.17) is 0 Å². The van der Waals surface area contributed by atoms with E-state index in [0.29, 0.717) is 5.52 Å². The number of benzene rings is 1. The highest BCUT2D eigenvalue weighted by molar-refractivity contribution is 7.89. The molecule has 1 aromatic carbocycles. The number of pyridine rings is 1. The minimum Gasteiger partial charge on any atom is -0.255 e. The Hall–Kier alpha value is -1.76. The summed E-state index contributed by atoms with van der Waals surface area (Å²) in [7, 11) is -3.57. The van der Waals surface area contributed by atoms with Gasteiger partial charge in [-0.1, -0.05) is 18.2 Å². The van der Waals surface area contributed by atoms with Crippen molar-refractivity contribution < 1.29 is 8.42 Å². The molecular formula is C14H12N2O2S2. The highest BCUT2D eigenvalue weighted by Gasteiger charge is 2.17. The summed E-state index contributed by atoms with van der Waals surface area (Å²) in [6.07, 6.45) is 1.60. The summed E-state index contributed by atoms with van der Waals surface area (Å²) in [5, 5.41) is 4.65. The number of nitrogens with zero attached hydrogens (tertiary/aromatic N) is 1. The van der Waals surface area contributed by atoms with Gasteiger partial charge in [-0.2, -0.15) is 11.3 Å². The molecule has 0 aliphatic carbocycles. The lowest BCUT2D eigenvalue weighted by molar-refractivity contribution is 0.582. The monoisotopic (exact) mass is 304 g/mol. The number of hydrogen-bond donors (Lipinski definition) is 1. The number of para-hydroxylation sites is 1. The van der Waals surface area contributed by atoms with Crippen LogP contribution in [0.25, 0.3) is 10.9 Å². The van der Waals surface area contributed by atoms with Gasteiger partial charge in [0.05, 0.1) is 5.52 Å². The molecule has 6 heteroatoms. The van der Waals surface area contributed by atoms with Gasteiger partial charge < -0.3 is 0 Å². The topological polar surface area (TPSA) is 59.1 Å². The Morgan fingerprint density at radius 2 is 2.00 bits per heavy atom. The molecule has 0 atom stereocenters. The van der Waals surface area contributed by atoms with Gasteiger partial charge in [0, 0.05) is 18.1 Å². The minimum absolute atomic E-state index is 0.214. The van der Waals surface area contributed by atoms with Crippen LogP contribution in [-0.4, -0.2) is 13.4 Å². The molecule has 0 saturated carbocycles. The number of aromatic nitrogens is 1. The summed E-state index contributed by atoms with van der Waals surface area (Å²) in [5.74, 6) is 0. The molecule has 0 fully saturated rings. The van der Waals surface area contributed by atoms with Crippen molar-refractivity contribution in [2.45, 2.75) is 11.4 Å². The maximum Gasteiger partial charge on any atom is 0.243 e. The third-order valence-electron chi connectivity index (χ3n) is 2.93. The second-order valence-corrected chi connectivity index (χ2v) is 6.80. The van der Waals surface area contributed by atoms with Crippen molar-refractivity contribution in [2.24, 2.45) is 0 Å². The van der Waals surface area contributed by atoms with E-state index in [1.807, 2.05) is 29.0 Å². The molecule has 0 unspecified atom stereocenters. The van der Waals surface area contributed by atoms with Gasteiger partial charge >= 0.3 is 0 Å². The van der Waals surface area contributed by atoms with E-state index in [2.05, 4.69) is 9.71 Å². The fourth-order valence-corrected chi connectivity index (χ4v) is 3.81. The lowest BCUT2D eigenvalue weighted by Crippen LogP contribution is -2.23. The Morgan fingerprint density at radius 1 is 1.15 bits per heavy atom. The molecule has 102 valence electrons. The van der Waals surface area contributed by atoms with Crippen LogP contribution in [0, 0.1) is 0 Å². The summed E-state index contributed by atoms with van der Waals surface area (Å²) in [4.78, 5) is 4.39. The van der Waals surface area contributed by atoms with Gasteiger partial charge in [-0.3, -0.25) is 4.98 Å². The number of rotatable bonds is 4. The Morgan fingerprint density at radius 3 is 2.80 bits per heavy atom. The van der Waals surface area contributed by atoms with Crippen LogP contribution in [0.5, 0.6) is 0 Å². The maximum atomic E-state index is 12.4. The van der Waals surface area contributed by atoms with Gasteiger partial charge in [0.25, 0.3) is 0 Å². The van der Waals surface area contributed by atoms with E-state index in [-0.39, 0.29) is 11.4 Å². The van der Waals surface area contributed by atoms with Crippen LogP contribution < -0.4 is 4.72 Å². The van der Waals surface area contributed by atoms with E-state index >= 15 is 0 Å². The van der Waals surface area contributed by atoms with Gasteiger partial charge in [0.15, 0.2) is 0 Å². The largest absolute Gasteiger partial charge is 0.255 e. The summed E-state index contributed by atoms with van der Waals surface area (Å²) in [6, 6.07) is 10.7. The first-order valence-corrected chi connectivity index (χ1v) is 8.44. The number of nitrogens with one attached hydrogen (secondary N) is 1. The average molecular weight is 304 g/mol. The Labute approximate surface area is 121 Å². The fourth-order valence-electron chi connectivity index (χ4n) is 1.94. The molecule has 4 nitrogen and oxygen atoms in total. The second-order valence-electron chi connectivity index (χ2n) is 4.29. The van der Waals surface area contributed by atoms with E-state index < -0.39 is 10.0 Å². The van der Waals surface area contributed by atoms with Crippen LogP contribution in [0.4, 0.5) is 0 Å². The SMILES string of the molecule is O=S(=O)(NCc1ccsc1)c1cccc2cccnc12. The van der Waals surface area contributed by atoms with Crippen molar-refractivity contribution in [3.05, 3.63) is 58.9 Å². The van der Waals surface area contributed by atoms with Gasteiger partial charge in [-0.15, -0.1) is 0 Å². The van der Waals surface area contributed by atoms with Crippen LogP contribution in [0.15, 0.2) is 58.3 Å². The molecule has 3 aromatic rings. The first kappa shape index (κ1) is 13.2. The fraction of sp³-hybridized carbons (Fsp3) is 0.0714. The molecule has 0 saturated heterocycles. The number of sulfonamides is 1. The molecular weight excluding hydrogens is 292 g/mol. The lowest BCUT2D eigenvalue weighted by Gasteiger charge is -2.08. The van der Waals surface area contributed by atoms with Gasteiger partial charge in [-0.05, 0) is 34.5 Å². The van der Waals surface area contributed by atoms with Crippen molar-refractivity contribution in [3.8, 4) is 0 Å². The summed E-state index contributed by atoms with van der Waals surface area (Å²) in [6.45, 7) is 0.287. The molecule has 1 N–H and O–H groups in total. The molecule has 3 rings (SSSR count). The van der Waals surface area contributed by atoms with Gasteiger partial charge in [0.1, 0.15) is 4.90 Å². The van der Waals surface area contributed by atoms with Crippen LogP contribution in [0.3, 0.4) is 0 Å². The van der Waals surface area contributed by atoms with Crippen molar-refractivity contribution in [2.75, 3.05) is 0 Å². The summed E-state index contributed by atoms with van der Waals surface area (Å²) < 4.78 is 27.4. The highest BCUT2D eigenvalue weighted by Crippen LogP contribution is 2.20. The standard InChI is InChI=1S/C14H12N2O2S2/c17-20(18,16-9-11-6-8-19-10-11)13-5-1-3-12-4-2-7-15-14(12)13/h1-8,10,16H,9H2. The lowest BCUT2D eigenvalue weighted by atomic mass is 10.2. The average Bonchev–Trinajstić information content (AvgIpc) is 2.98. The van der Waals surface area contributed by atoms with Crippen LogP contribution in [-0.2, 0) is 16.6 Å². The zero-order valence-electron chi connectivity index (χ0n) is 10.5. The molecule has 0 radical (unpaired) electrons. The van der Waals surface area contributed by atoms with Crippen molar-refractivity contribution in [1.82, 2.24) is 9.71 Å². The zero-order chi connectivity index (χ0) is 14.0. The number of hydrogen-bond acceptors (Lipinski definition) is 4. The Kier molecular flexibility index (Phi) is 3.52. The van der Waals surface area contributed by atoms with Crippen molar-refractivity contribution >= 4 is 32.3 Å². The van der Waals surface area contributed by atoms with Crippen LogP contribution in [0.1, 0.15) is 5.56 Å². The summed E-state index contributed by atoms with van der Waals surface area (Å²) in [5.41, 5.74) is 1.44. The number of thiophene rings is 1. The zero-order valence-corrected chi connectivity index (χ0v) is 12.1. The summed E-state index contributed by atoms with van der Waals surface area (Å²) >= 11 is 1.54. The smallest absolute Gasteiger partial charge is 0.243 e. The van der Waals surface area contributed by atoms with E-state index in [0.717, 1.165) is 10.9 Å². The van der Waals surface area contributed by atoms with E-state index in [9.17, 15) is 8.42 Å². The van der Waals surface area contributed by atoms with E-state index in [1.54, 1.807) is 35.7 Å². The molecule has 0 amide bonds. The minimum atomic E-state index is -3.57. The first-order chi connectivity index (χ1) is 9.67. The maximum absolute atomic E-state index is 12.4. The van der Waals surface area contributed by atoms with E-state index in [1.165, 1.54) is 0 Å². The predicted octanol–water partition coefficient (Wildman–Crippen LogP) is 2.77. The molecule has 20 heavy (non-hydrogen) atoms. The highest BCUT2D eigenvalue weighted by atomic mass is 32.2. The van der Waals surface area contributed by atoms with Gasteiger partial charge in [-0.25, -0.2) is 13.1 Å². The second kappa shape index (κ2) is 5.32. The number of fused-ring (bicyclic) bond motifs is 1. The molecule has 0 aliphatic heterocycles. The van der Waals surface area contributed by atoms with Crippen molar-refractivity contribution in [3.63, 3.8) is 0 Å². The molecule has 0 aliphatic rings. The quantitative estimate of drug-likeness (QED) is 0.806. The third-order valence-corrected chi connectivity index (χ3v) is 5.10.